The number of carbonyl (C=O) groups is 1. The number of hydrogen-bond donors (Lipinski definition) is 0. The van der Waals surface area contributed by atoms with Crippen LogP contribution < -0.4 is 4.90 Å². The van der Waals surface area contributed by atoms with E-state index in [1.807, 2.05) is 6.07 Å². The largest absolute Gasteiger partial charge is 0.379 e. The first-order valence-electron chi connectivity index (χ1n) is 7.38. The predicted molar refractivity (Wildman–Crippen MR) is 79.6 cm³/mol. The molecule has 0 aromatic heterocycles. The van der Waals surface area contributed by atoms with Gasteiger partial charge in [-0.3, -0.25) is 9.69 Å². The minimum absolute atomic E-state index is 0.534. The zero-order valence-electron chi connectivity index (χ0n) is 12.0. The van der Waals surface area contributed by atoms with Gasteiger partial charge in [-0.1, -0.05) is 0 Å². The second-order valence-corrected chi connectivity index (χ2v) is 5.54. The van der Waals surface area contributed by atoms with Crippen molar-refractivity contribution in [3.8, 4) is 6.07 Å². The van der Waals surface area contributed by atoms with E-state index in [0.29, 0.717) is 17.2 Å². The zero-order chi connectivity index (χ0) is 14.7. The van der Waals surface area contributed by atoms with E-state index < -0.39 is 0 Å². The fraction of sp³-hybridized carbons (Fsp3) is 0.500. The van der Waals surface area contributed by atoms with E-state index in [0.717, 1.165) is 57.8 Å². The lowest BCUT2D eigenvalue weighted by molar-refractivity contribution is 0.0209. The standard InChI is InChI=1S/C16H19N3O2/c17-10-14-9-13(12-20)1-2-16(14)19-4-3-15(11-19)18-5-7-21-8-6-18/h1-2,9,12,15H,3-8,11H2. The first-order valence-corrected chi connectivity index (χ1v) is 7.38. The molecule has 0 amide bonds. The smallest absolute Gasteiger partial charge is 0.150 e. The van der Waals surface area contributed by atoms with Crippen LogP contribution in [0, 0.1) is 11.3 Å². The molecule has 2 aliphatic heterocycles. The van der Waals surface area contributed by atoms with Gasteiger partial charge in [0.15, 0.2) is 0 Å². The number of anilines is 1. The fourth-order valence-electron chi connectivity index (χ4n) is 3.19. The van der Waals surface area contributed by atoms with Gasteiger partial charge in [-0.15, -0.1) is 0 Å². The van der Waals surface area contributed by atoms with Crippen molar-refractivity contribution in [3.63, 3.8) is 0 Å². The summed E-state index contributed by atoms with van der Waals surface area (Å²) in [7, 11) is 0. The Morgan fingerprint density at radius 2 is 2.10 bits per heavy atom. The van der Waals surface area contributed by atoms with Crippen molar-refractivity contribution < 1.29 is 9.53 Å². The van der Waals surface area contributed by atoms with Crippen molar-refractivity contribution in [2.75, 3.05) is 44.3 Å². The molecule has 2 heterocycles. The summed E-state index contributed by atoms with van der Waals surface area (Å²) in [5.41, 5.74) is 2.08. The molecule has 1 aromatic carbocycles. The van der Waals surface area contributed by atoms with E-state index in [1.54, 1.807) is 12.1 Å². The van der Waals surface area contributed by atoms with Crippen LogP contribution in [0.25, 0.3) is 0 Å². The molecule has 0 N–H and O–H groups in total. The minimum Gasteiger partial charge on any atom is -0.379 e. The summed E-state index contributed by atoms with van der Waals surface area (Å²) in [4.78, 5) is 15.6. The summed E-state index contributed by atoms with van der Waals surface area (Å²) < 4.78 is 5.40. The first-order chi connectivity index (χ1) is 10.3. The Morgan fingerprint density at radius 3 is 2.81 bits per heavy atom. The van der Waals surface area contributed by atoms with E-state index in [4.69, 9.17) is 4.74 Å². The summed E-state index contributed by atoms with van der Waals surface area (Å²) in [5, 5.41) is 9.29. The molecule has 2 aliphatic rings. The van der Waals surface area contributed by atoms with Gasteiger partial charge in [0.2, 0.25) is 0 Å². The lowest BCUT2D eigenvalue weighted by Crippen LogP contribution is -2.44. The molecule has 0 bridgehead atoms. The Kier molecular flexibility index (Phi) is 4.18. The lowest BCUT2D eigenvalue weighted by Gasteiger charge is -2.32. The number of nitriles is 1. The van der Waals surface area contributed by atoms with Gasteiger partial charge >= 0.3 is 0 Å². The van der Waals surface area contributed by atoms with Crippen LogP contribution in [0.3, 0.4) is 0 Å². The topological polar surface area (TPSA) is 56.6 Å². The maximum absolute atomic E-state index is 10.8. The molecule has 2 saturated heterocycles. The number of ether oxygens (including phenoxy) is 1. The van der Waals surface area contributed by atoms with Crippen molar-refractivity contribution in [1.29, 1.82) is 5.26 Å². The SMILES string of the molecule is N#Cc1cc(C=O)ccc1N1CCC(N2CCOCC2)C1. The van der Waals surface area contributed by atoms with Gasteiger partial charge in [0, 0.05) is 37.8 Å². The monoisotopic (exact) mass is 285 g/mol. The Labute approximate surface area is 124 Å². The van der Waals surface area contributed by atoms with Crippen LogP contribution in [0.5, 0.6) is 0 Å². The molecule has 21 heavy (non-hydrogen) atoms. The molecule has 0 saturated carbocycles. The predicted octanol–water partition coefficient (Wildman–Crippen LogP) is 1.28. The zero-order valence-corrected chi connectivity index (χ0v) is 12.0. The number of rotatable bonds is 3. The average molecular weight is 285 g/mol. The molecule has 1 aromatic rings. The van der Waals surface area contributed by atoms with E-state index in [-0.39, 0.29) is 0 Å². The summed E-state index contributed by atoms with van der Waals surface area (Å²) in [6.07, 6.45) is 1.89. The van der Waals surface area contributed by atoms with Crippen LogP contribution in [-0.4, -0.2) is 56.6 Å². The normalized spacial score (nSPS) is 23.0. The van der Waals surface area contributed by atoms with E-state index in [9.17, 15) is 10.1 Å². The highest BCUT2D eigenvalue weighted by molar-refractivity contribution is 5.78. The van der Waals surface area contributed by atoms with Crippen LogP contribution in [-0.2, 0) is 4.74 Å². The highest BCUT2D eigenvalue weighted by Crippen LogP contribution is 2.27. The second-order valence-electron chi connectivity index (χ2n) is 5.54. The third-order valence-electron chi connectivity index (χ3n) is 4.34. The van der Waals surface area contributed by atoms with Crippen molar-refractivity contribution in [1.82, 2.24) is 4.90 Å². The van der Waals surface area contributed by atoms with E-state index in [1.165, 1.54) is 0 Å². The van der Waals surface area contributed by atoms with Crippen LogP contribution in [0.2, 0.25) is 0 Å². The minimum atomic E-state index is 0.534. The lowest BCUT2D eigenvalue weighted by atomic mass is 10.1. The van der Waals surface area contributed by atoms with Crippen LogP contribution in [0.15, 0.2) is 18.2 Å². The molecule has 0 aliphatic carbocycles. The Morgan fingerprint density at radius 1 is 1.29 bits per heavy atom. The Hall–Kier alpha value is -1.90. The van der Waals surface area contributed by atoms with Crippen molar-refractivity contribution in [2.45, 2.75) is 12.5 Å². The molecule has 5 heteroatoms. The Bertz CT molecular complexity index is 561. The van der Waals surface area contributed by atoms with E-state index >= 15 is 0 Å². The van der Waals surface area contributed by atoms with Gasteiger partial charge in [-0.25, -0.2) is 0 Å². The summed E-state index contributed by atoms with van der Waals surface area (Å²) in [5.74, 6) is 0. The number of nitrogens with zero attached hydrogens (tertiary/aromatic N) is 3. The summed E-state index contributed by atoms with van der Waals surface area (Å²) in [6, 6.07) is 8.09. The maximum atomic E-state index is 10.8. The highest BCUT2D eigenvalue weighted by atomic mass is 16.5. The number of benzene rings is 1. The molecular formula is C16H19N3O2. The molecular weight excluding hydrogens is 266 g/mol. The second kappa shape index (κ2) is 6.25. The van der Waals surface area contributed by atoms with Crippen LogP contribution in [0.1, 0.15) is 22.3 Å². The average Bonchev–Trinajstić information content (AvgIpc) is 3.04. The van der Waals surface area contributed by atoms with Gasteiger partial charge in [-0.05, 0) is 24.6 Å². The Balaban J connectivity index is 1.73. The van der Waals surface area contributed by atoms with Gasteiger partial charge in [0.05, 0.1) is 24.5 Å². The number of hydrogen-bond acceptors (Lipinski definition) is 5. The maximum Gasteiger partial charge on any atom is 0.150 e. The summed E-state index contributed by atoms with van der Waals surface area (Å²) >= 11 is 0. The van der Waals surface area contributed by atoms with Crippen molar-refractivity contribution >= 4 is 12.0 Å². The van der Waals surface area contributed by atoms with Crippen molar-refractivity contribution in [2.24, 2.45) is 0 Å². The van der Waals surface area contributed by atoms with Gasteiger partial charge in [-0.2, -0.15) is 5.26 Å². The molecule has 2 fully saturated rings. The van der Waals surface area contributed by atoms with Gasteiger partial charge in [0.1, 0.15) is 12.4 Å². The molecule has 110 valence electrons. The first kappa shape index (κ1) is 14.1. The third-order valence-corrected chi connectivity index (χ3v) is 4.34. The number of aldehydes is 1. The van der Waals surface area contributed by atoms with Gasteiger partial charge in [0.25, 0.3) is 0 Å². The molecule has 5 nitrogen and oxygen atoms in total. The third kappa shape index (κ3) is 2.92. The number of carbonyl (C=O) groups excluding carboxylic acids is 1. The fourth-order valence-corrected chi connectivity index (χ4v) is 3.19. The van der Waals surface area contributed by atoms with E-state index in [2.05, 4.69) is 15.9 Å². The molecule has 3 rings (SSSR count). The van der Waals surface area contributed by atoms with Crippen LogP contribution in [0.4, 0.5) is 5.69 Å². The summed E-state index contributed by atoms with van der Waals surface area (Å²) in [6.45, 7) is 5.51. The molecule has 0 spiro atoms. The molecule has 0 radical (unpaired) electrons. The quantitative estimate of drug-likeness (QED) is 0.783. The van der Waals surface area contributed by atoms with Gasteiger partial charge < -0.3 is 9.64 Å². The van der Waals surface area contributed by atoms with Crippen molar-refractivity contribution in [3.05, 3.63) is 29.3 Å². The van der Waals surface area contributed by atoms with Crippen LogP contribution >= 0.6 is 0 Å². The highest BCUT2D eigenvalue weighted by Gasteiger charge is 2.29. The molecule has 1 atom stereocenters. The number of morpholine rings is 1. The molecule has 1 unspecified atom stereocenters.